The van der Waals surface area contributed by atoms with Gasteiger partial charge >= 0.3 is 12.3 Å². The first-order valence-corrected chi connectivity index (χ1v) is 8.62. The quantitative estimate of drug-likeness (QED) is 0.735. The second-order valence-electron chi connectivity index (χ2n) is 6.67. The van der Waals surface area contributed by atoms with Crippen molar-refractivity contribution < 1.29 is 22.7 Å². The van der Waals surface area contributed by atoms with E-state index in [2.05, 4.69) is 19.9 Å². The molecule has 1 fully saturated rings. The number of carbonyl (C=O) groups excluding carboxylic acids is 1. The van der Waals surface area contributed by atoms with Crippen molar-refractivity contribution in [1.82, 2.24) is 24.8 Å². The summed E-state index contributed by atoms with van der Waals surface area (Å²) < 4.78 is 42.5. The van der Waals surface area contributed by atoms with Crippen molar-refractivity contribution in [2.45, 2.75) is 18.7 Å². The number of carbonyl (C=O) groups is 1. The van der Waals surface area contributed by atoms with Gasteiger partial charge in [0.15, 0.2) is 0 Å². The van der Waals surface area contributed by atoms with Gasteiger partial charge < -0.3 is 19.5 Å². The minimum Gasteiger partial charge on any atom is -0.444 e. The van der Waals surface area contributed by atoms with Crippen LogP contribution in [0.2, 0.25) is 0 Å². The van der Waals surface area contributed by atoms with E-state index in [-0.39, 0.29) is 0 Å². The van der Waals surface area contributed by atoms with E-state index in [1.807, 2.05) is 11.0 Å². The number of aromatic nitrogens is 4. The van der Waals surface area contributed by atoms with Crippen molar-refractivity contribution in [2.24, 2.45) is 0 Å². The van der Waals surface area contributed by atoms with Crippen LogP contribution in [0.5, 0.6) is 0 Å². The molecular formula is C17H17F3N6O2. The van der Waals surface area contributed by atoms with Crippen molar-refractivity contribution in [3.63, 3.8) is 0 Å². The minimum absolute atomic E-state index is 0.339. The molecule has 1 unspecified atom stereocenters. The molecule has 8 nitrogen and oxygen atoms in total. The SMILES string of the molecule is CN(CC(F)(F)F)C(=O)OC1CCN(c2ncnc3cnc4[nH]ccc4c23)C1. The Balaban J connectivity index is 1.52. The zero-order chi connectivity index (χ0) is 19.9. The van der Waals surface area contributed by atoms with Gasteiger partial charge in [0.05, 0.1) is 23.6 Å². The lowest BCUT2D eigenvalue weighted by molar-refractivity contribution is -0.140. The van der Waals surface area contributed by atoms with Crippen molar-refractivity contribution >= 4 is 33.8 Å². The Bertz CT molecular complexity index is 1020. The average Bonchev–Trinajstić information content (AvgIpc) is 3.28. The van der Waals surface area contributed by atoms with Crippen LogP contribution in [0.3, 0.4) is 0 Å². The summed E-state index contributed by atoms with van der Waals surface area (Å²) in [5.41, 5.74) is 1.39. The van der Waals surface area contributed by atoms with Gasteiger partial charge in [-0.3, -0.25) is 0 Å². The highest BCUT2D eigenvalue weighted by atomic mass is 19.4. The Hall–Kier alpha value is -3.11. The van der Waals surface area contributed by atoms with Gasteiger partial charge in [0.2, 0.25) is 0 Å². The summed E-state index contributed by atoms with van der Waals surface area (Å²) in [6, 6.07) is 1.89. The molecule has 11 heteroatoms. The maximum atomic E-state index is 12.4. The Kier molecular flexibility index (Phi) is 4.44. The van der Waals surface area contributed by atoms with Crippen molar-refractivity contribution in [2.75, 3.05) is 31.6 Å². The normalized spacial score (nSPS) is 17.4. The van der Waals surface area contributed by atoms with E-state index in [4.69, 9.17) is 4.74 Å². The Labute approximate surface area is 157 Å². The molecule has 3 aromatic rings. The van der Waals surface area contributed by atoms with E-state index in [0.717, 1.165) is 17.8 Å². The van der Waals surface area contributed by atoms with Crippen molar-refractivity contribution in [3.05, 3.63) is 24.8 Å². The molecule has 1 aliphatic heterocycles. The van der Waals surface area contributed by atoms with E-state index in [1.54, 1.807) is 12.4 Å². The number of pyridine rings is 1. The lowest BCUT2D eigenvalue weighted by Crippen LogP contribution is -2.38. The smallest absolute Gasteiger partial charge is 0.410 e. The zero-order valence-electron chi connectivity index (χ0n) is 14.9. The van der Waals surface area contributed by atoms with Crippen LogP contribution in [-0.4, -0.2) is 69.9 Å². The topological polar surface area (TPSA) is 87.2 Å². The van der Waals surface area contributed by atoms with E-state index in [0.29, 0.717) is 41.4 Å². The molecule has 0 radical (unpaired) electrons. The molecule has 1 aliphatic rings. The van der Waals surface area contributed by atoms with Gasteiger partial charge in [-0.1, -0.05) is 0 Å². The molecule has 28 heavy (non-hydrogen) atoms. The van der Waals surface area contributed by atoms with Crippen LogP contribution < -0.4 is 4.90 Å². The molecule has 1 amide bonds. The largest absolute Gasteiger partial charge is 0.444 e. The summed E-state index contributed by atoms with van der Waals surface area (Å²) >= 11 is 0. The van der Waals surface area contributed by atoms with E-state index < -0.39 is 24.9 Å². The molecule has 148 valence electrons. The molecule has 4 rings (SSSR count). The second kappa shape index (κ2) is 6.80. The first kappa shape index (κ1) is 18.3. The Morgan fingerprint density at radius 1 is 1.39 bits per heavy atom. The number of nitrogens with one attached hydrogen (secondary N) is 1. The molecule has 0 bridgehead atoms. The number of nitrogens with zero attached hydrogens (tertiary/aromatic N) is 5. The minimum atomic E-state index is -4.47. The highest BCUT2D eigenvalue weighted by molar-refractivity contribution is 6.08. The standard InChI is InChI=1S/C17H17F3N6O2/c1-25(8-17(18,19)20)16(27)28-10-3-5-26(7-10)15-13-11-2-4-21-14(11)22-6-12(13)23-9-24-15/h2,4,6,9-10H,3,5,7-8H2,1H3,(H,21,22). The number of alkyl halides is 3. The number of fused-ring (bicyclic) bond motifs is 3. The Morgan fingerprint density at radius 3 is 3.00 bits per heavy atom. The summed E-state index contributed by atoms with van der Waals surface area (Å²) in [7, 11) is 1.07. The van der Waals surface area contributed by atoms with Crippen molar-refractivity contribution in [3.8, 4) is 0 Å². The summed E-state index contributed by atoms with van der Waals surface area (Å²) in [4.78, 5) is 30.4. The lowest BCUT2D eigenvalue weighted by Gasteiger charge is -2.22. The Morgan fingerprint density at radius 2 is 2.21 bits per heavy atom. The van der Waals surface area contributed by atoms with Crippen LogP contribution in [-0.2, 0) is 4.74 Å². The molecule has 1 saturated heterocycles. The van der Waals surface area contributed by atoms with Gasteiger partial charge in [-0.25, -0.2) is 19.7 Å². The third-order valence-corrected chi connectivity index (χ3v) is 4.61. The number of H-pyrrole nitrogens is 1. The van der Waals surface area contributed by atoms with Gasteiger partial charge in [0.1, 0.15) is 30.4 Å². The van der Waals surface area contributed by atoms with E-state index in [1.165, 1.54) is 6.33 Å². The summed E-state index contributed by atoms with van der Waals surface area (Å²) in [6.45, 7) is -0.454. The fourth-order valence-electron chi connectivity index (χ4n) is 3.36. The average molecular weight is 394 g/mol. The molecular weight excluding hydrogens is 377 g/mol. The predicted octanol–water partition coefficient (Wildman–Crippen LogP) is 2.72. The van der Waals surface area contributed by atoms with Crippen LogP contribution in [0.1, 0.15) is 6.42 Å². The molecule has 3 aromatic heterocycles. The predicted molar refractivity (Wildman–Crippen MR) is 95.0 cm³/mol. The van der Waals surface area contributed by atoms with Crippen LogP contribution in [0.15, 0.2) is 24.8 Å². The fourth-order valence-corrected chi connectivity index (χ4v) is 3.36. The van der Waals surface area contributed by atoms with Crippen LogP contribution >= 0.6 is 0 Å². The highest BCUT2D eigenvalue weighted by Gasteiger charge is 2.34. The maximum Gasteiger partial charge on any atom is 0.410 e. The third-order valence-electron chi connectivity index (χ3n) is 4.61. The monoisotopic (exact) mass is 394 g/mol. The second-order valence-corrected chi connectivity index (χ2v) is 6.67. The molecule has 0 spiro atoms. The van der Waals surface area contributed by atoms with Crippen LogP contribution in [0, 0.1) is 0 Å². The summed E-state index contributed by atoms with van der Waals surface area (Å²) in [5.74, 6) is 0.680. The fraction of sp³-hybridized carbons (Fsp3) is 0.412. The van der Waals surface area contributed by atoms with Crippen LogP contribution in [0.4, 0.5) is 23.8 Å². The molecule has 0 saturated carbocycles. The summed E-state index contributed by atoms with van der Waals surface area (Å²) in [5, 5.41) is 1.70. The third kappa shape index (κ3) is 3.51. The van der Waals surface area contributed by atoms with Gasteiger partial charge in [0.25, 0.3) is 0 Å². The molecule has 0 aromatic carbocycles. The van der Waals surface area contributed by atoms with Gasteiger partial charge in [-0.15, -0.1) is 0 Å². The van der Waals surface area contributed by atoms with Crippen molar-refractivity contribution in [1.29, 1.82) is 0 Å². The summed E-state index contributed by atoms with van der Waals surface area (Å²) in [6.07, 6.45) is -0.610. The van der Waals surface area contributed by atoms with E-state index >= 15 is 0 Å². The molecule has 0 aliphatic carbocycles. The highest BCUT2D eigenvalue weighted by Crippen LogP contribution is 2.31. The molecule has 1 N–H and O–H groups in total. The molecule has 1 atom stereocenters. The lowest BCUT2D eigenvalue weighted by atomic mass is 10.2. The number of anilines is 1. The van der Waals surface area contributed by atoms with Crippen LogP contribution in [0.25, 0.3) is 21.9 Å². The van der Waals surface area contributed by atoms with Gasteiger partial charge in [-0.05, 0) is 6.07 Å². The number of aromatic amines is 1. The maximum absolute atomic E-state index is 12.4. The number of rotatable bonds is 3. The number of ether oxygens (including phenoxy) is 1. The number of hydrogen-bond acceptors (Lipinski definition) is 6. The van der Waals surface area contributed by atoms with Gasteiger partial charge in [-0.2, -0.15) is 13.2 Å². The number of amides is 1. The van der Waals surface area contributed by atoms with E-state index in [9.17, 15) is 18.0 Å². The first-order valence-electron chi connectivity index (χ1n) is 8.62. The first-order chi connectivity index (χ1) is 13.3. The number of halogens is 3. The molecule has 4 heterocycles. The zero-order valence-corrected chi connectivity index (χ0v) is 14.9. The number of hydrogen-bond donors (Lipinski definition) is 1. The van der Waals surface area contributed by atoms with Gasteiger partial charge in [0, 0.05) is 31.6 Å².